The molecule has 90 valence electrons. The van der Waals surface area contributed by atoms with Gasteiger partial charge in [0.15, 0.2) is 0 Å². The Morgan fingerprint density at radius 3 is 2.62 bits per heavy atom. The molecule has 2 heterocycles. The summed E-state index contributed by atoms with van der Waals surface area (Å²) in [4.78, 5) is 5.38. The molecule has 6 heteroatoms. The second-order valence-electron chi connectivity index (χ2n) is 4.28. The summed E-state index contributed by atoms with van der Waals surface area (Å²) < 4.78 is 1.83. The molecule has 4 nitrogen and oxygen atoms in total. The zero-order chi connectivity index (χ0) is 11.0. The molecule has 0 bridgehead atoms. The van der Waals surface area contributed by atoms with Gasteiger partial charge in [-0.15, -0.1) is 12.4 Å². The number of hydrogen-bond donors (Lipinski definition) is 1. The molecule has 2 N–H and O–H groups in total. The van der Waals surface area contributed by atoms with Crippen LogP contribution in [-0.2, 0) is 6.42 Å². The van der Waals surface area contributed by atoms with Gasteiger partial charge < -0.3 is 5.73 Å². The van der Waals surface area contributed by atoms with E-state index in [9.17, 15) is 0 Å². The van der Waals surface area contributed by atoms with Gasteiger partial charge in [-0.05, 0) is 12.8 Å². The Labute approximate surface area is 105 Å². The molecule has 0 fully saturated rings. The van der Waals surface area contributed by atoms with E-state index in [0.29, 0.717) is 5.92 Å². The molecule has 0 aliphatic heterocycles. The highest BCUT2D eigenvalue weighted by molar-refractivity contribution is 7.16. The highest BCUT2D eigenvalue weighted by atomic mass is 35.5. The van der Waals surface area contributed by atoms with Crippen molar-refractivity contribution in [3.63, 3.8) is 0 Å². The summed E-state index contributed by atoms with van der Waals surface area (Å²) in [6, 6.07) is -0.0209. The van der Waals surface area contributed by atoms with E-state index >= 15 is 0 Å². The number of nitrogens with zero attached hydrogens (tertiary/aromatic N) is 3. The van der Waals surface area contributed by atoms with Crippen LogP contribution in [0, 0.1) is 5.92 Å². The Balaban J connectivity index is 0.00000128. The van der Waals surface area contributed by atoms with Crippen LogP contribution in [0.5, 0.6) is 0 Å². The van der Waals surface area contributed by atoms with Crippen molar-refractivity contribution < 1.29 is 0 Å². The quantitative estimate of drug-likeness (QED) is 0.922. The van der Waals surface area contributed by atoms with Crippen molar-refractivity contribution in [2.24, 2.45) is 11.7 Å². The van der Waals surface area contributed by atoms with E-state index in [1.54, 1.807) is 11.3 Å². The summed E-state index contributed by atoms with van der Waals surface area (Å²) in [5.41, 5.74) is 6.66. The largest absolute Gasteiger partial charge is 0.323 e. The zero-order valence-corrected chi connectivity index (χ0v) is 11.3. The predicted molar refractivity (Wildman–Crippen MR) is 69.3 cm³/mol. The average Bonchev–Trinajstić information content (AvgIpc) is 2.58. The van der Waals surface area contributed by atoms with Crippen LogP contribution < -0.4 is 5.73 Å². The lowest BCUT2D eigenvalue weighted by atomic mass is 10.1. The van der Waals surface area contributed by atoms with Crippen LogP contribution in [0.1, 0.15) is 37.5 Å². The van der Waals surface area contributed by atoms with E-state index in [2.05, 4.69) is 23.9 Å². The van der Waals surface area contributed by atoms with Crippen molar-refractivity contribution in [3.05, 3.63) is 16.9 Å². The van der Waals surface area contributed by atoms with Gasteiger partial charge in [-0.2, -0.15) is 5.10 Å². The lowest BCUT2D eigenvalue weighted by Crippen LogP contribution is -2.05. The van der Waals surface area contributed by atoms with Crippen molar-refractivity contribution in [1.29, 1.82) is 0 Å². The molecule has 1 atom stereocenters. The Hall–Kier alpha value is -0.650. The number of hydrogen-bond acceptors (Lipinski definition) is 4. The molecule has 16 heavy (non-hydrogen) atoms. The minimum atomic E-state index is -0.0209. The molecule has 0 aromatic carbocycles. The smallest absolute Gasteiger partial charge is 0.212 e. The Morgan fingerprint density at radius 1 is 1.44 bits per heavy atom. The van der Waals surface area contributed by atoms with Crippen molar-refractivity contribution in [2.45, 2.75) is 33.2 Å². The van der Waals surface area contributed by atoms with Gasteiger partial charge in [0.05, 0.1) is 11.9 Å². The predicted octanol–water partition coefficient (Wildman–Crippen LogP) is 2.43. The van der Waals surface area contributed by atoms with Crippen LogP contribution in [0.2, 0.25) is 0 Å². The number of aromatic nitrogens is 3. The second-order valence-corrected chi connectivity index (χ2v) is 5.32. The lowest BCUT2D eigenvalue weighted by molar-refractivity contribution is 0.636. The van der Waals surface area contributed by atoms with Crippen LogP contribution in [0.15, 0.2) is 6.20 Å². The summed E-state index contributed by atoms with van der Waals surface area (Å²) in [6.45, 7) is 6.32. The minimum Gasteiger partial charge on any atom is -0.323 e. The summed E-state index contributed by atoms with van der Waals surface area (Å²) in [7, 11) is 0. The minimum absolute atomic E-state index is 0. The van der Waals surface area contributed by atoms with Crippen LogP contribution in [0.4, 0.5) is 0 Å². The first-order valence-electron chi connectivity index (χ1n) is 5.17. The van der Waals surface area contributed by atoms with E-state index < -0.39 is 0 Å². The van der Waals surface area contributed by atoms with Crippen LogP contribution in [0.25, 0.3) is 4.96 Å². The van der Waals surface area contributed by atoms with E-state index in [-0.39, 0.29) is 18.4 Å². The molecule has 0 spiro atoms. The summed E-state index contributed by atoms with van der Waals surface area (Å²) in [5.74, 6) is 0.633. The van der Waals surface area contributed by atoms with Crippen LogP contribution >= 0.6 is 23.7 Å². The maximum absolute atomic E-state index is 5.76. The van der Waals surface area contributed by atoms with Crippen molar-refractivity contribution in [1.82, 2.24) is 14.6 Å². The SMILES string of the molecule is CC(C)Cc1nn2cc(C(C)N)nc2s1.Cl. The summed E-state index contributed by atoms with van der Waals surface area (Å²) in [6.07, 6.45) is 2.93. The number of fused-ring (bicyclic) bond motifs is 1. The molecular formula is C10H17ClN4S. The molecule has 0 amide bonds. The van der Waals surface area contributed by atoms with Gasteiger partial charge in [0.1, 0.15) is 5.01 Å². The Morgan fingerprint density at radius 2 is 2.12 bits per heavy atom. The summed E-state index contributed by atoms with van der Waals surface area (Å²) in [5, 5.41) is 5.62. The molecule has 1 unspecified atom stereocenters. The van der Waals surface area contributed by atoms with E-state index in [0.717, 1.165) is 22.1 Å². The number of nitrogens with two attached hydrogens (primary N) is 1. The maximum Gasteiger partial charge on any atom is 0.212 e. The zero-order valence-electron chi connectivity index (χ0n) is 9.67. The number of imidazole rings is 1. The fourth-order valence-electron chi connectivity index (χ4n) is 1.41. The third-order valence-electron chi connectivity index (χ3n) is 2.15. The molecule has 2 aromatic heterocycles. The first-order chi connectivity index (χ1) is 7.06. The number of halogens is 1. The fourth-order valence-corrected chi connectivity index (χ4v) is 2.50. The standard InChI is InChI=1S/C10H16N4S.ClH/c1-6(2)4-9-13-14-5-8(7(3)11)12-10(14)15-9;/h5-7H,4,11H2,1-3H3;1H. The van der Waals surface area contributed by atoms with Gasteiger partial charge in [0.2, 0.25) is 4.96 Å². The van der Waals surface area contributed by atoms with E-state index in [1.807, 2.05) is 17.6 Å². The molecule has 0 saturated heterocycles. The van der Waals surface area contributed by atoms with Gasteiger partial charge in [0, 0.05) is 12.5 Å². The molecule has 0 radical (unpaired) electrons. The average molecular weight is 261 g/mol. The monoisotopic (exact) mass is 260 g/mol. The van der Waals surface area contributed by atoms with E-state index in [1.165, 1.54) is 0 Å². The molecule has 0 aliphatic rings. The molecular weight excluding hydrogens is 244 g/mol. The maximum atomic E-state index is 5.76. The van der Waals surface area contributed by atoms with Crippen LogP contribution in [-0.4, -0.2) is 14.6 Å². The molecule has 0 saturated carbocycles. The second kappa shape index (κ2) is 5.12. The van der Waals surface area contributed by atoms with Crippen LogP contribution in [0.3, 0.4) is 0 Å². The van der Waals surface area contributed by atoms with E-state index in [4.69, 9.17) is 5.73 Å². The first kappa shape index (κ1) is 13.4. The fraction of sp³-hybridized carbons (Fsp3) is 0.600. The van der Waals surface area contributed by atoms with Gasteiger partial charge in [0.25, 0.3) is 0 Å². The van der Waals surface area contributed by atoms with Gasteiger partial charge in [-0.1, -0.05) is 25.2 Å². The highest BCUT2D eigenvalue weighted by Gasteiger charge is 2.11. The number of rotatable bonds is 3. The first-order valence-corrected chi connectivity index (χ1v) is 5.98. The van der Waals surface area contributed by atoms with Gasteiger partial charge >= 0.3 is 0 Å². The highest BCUT2D eigenvalue weighted by Crippen LogP contribution is 2.19. The van der Waals surface area contributed by atoms with Crippen molar-refractivity contribution >= 4 is 28.7 Å². The molecule has 2 rings (SSSR count). The van der Waals surface area contributed by atoms with Crippen molar-refractivity contribution in [3.8, 4) is 0 Å². The van der Waals surface area contributed by atoms with Crippen molar-refractivity contribution in [2.75, 3.05) is 0 Å². The van der Waals surface area contributed by atoms with Gasteiger partial charge in [-0.25, -0.2) is 9.50 Å². The third-order valence-corrected chi connectivity index (χ3v) is 3.10. The molecule has 2 aromatic rings. The summed E-state index contributed by atoms with van der Waals surface area (Å²) >= 11 is 1.65. The Bertz CT molecular complexity index is 429. The molecule has 0 aliphatic carbocycles. The Kier molecular flexibility index (Phi) is 4.29. The topological polar surface area (TPSA) is 56.2 Å². The lowest BCUT2D eigenvalue weighted by Gasteiger charge is -1.98. The third kappa shape index (κ3) is 2.72. The van der Waals surface area contributed by atoms with Gasteiger partial charge in [-0.3, -0.25) is 0 Å². The normalized spacial score (nSPS) is 13.1.